The molecule has 4 N–H and O–H groups in total. The van der Waals surface area contributed by atoms with E-state index in [2.05, 4.69) is 42.9 Å². The van der Waals surface area contributed by atoms with E-state index in [0.717, 1.165) is 98.9 Å². The zero-order valence-electron chi connectivity index (χ0n) is 33.2. The van der Waals surface area contributed by atoms with Crippen molar-refractivity contribution >= 4 is 57.0 Å². The normalized spacial score (nSPS) is 16.3. The number of carbonyl (C=O) groups is 2. The summed E-state index contributed by atoms with van der Waals surface area (Å²) in [5, 5.41) is 16.2. The van der Waals surface area contributed by atoms with Gasteiger partial charge in [0.25, 0.3) is 0 Å². The van der Waals surface area contributed by atoms with Gasteiger partial charge < -0.3 is 39.8 Å². The van der Waals surface area contributed by atoms with Gasteiger partial charge in [0.15, 0.2) is 0 Å². The van der Waals surface area contributed by atoms with E-state index in [0.29, 0.717) is 42.9 Å². The fourth-order valence-corrected chi connectivity index (χ4v) is 8.48. The van der Waals surface area contributed by atoms with E-state index in [4.69, 9.17) is 38.8 Å². The molecule has 0 spiro atoms. The molecule has 14 heteroatoms. The predicted molar refractivity (Wildman–Crippen MR) is 234 cm³/mol. The minimum Gasteiger partial charge on any atom is -0.465 e. The Kier molecular flexibility index (Phi) is 14.5. The summed E-state index contributed by atoms with van der Waals surface area (Å²) >= 11 is 12.1. The maximum atomic E-state index is 12.3. The van der Waals surface area contributed by atoms with Crippen LogP contribution in [0.5, 0.6) is 0 Å². The summed E-state index contributed by atoms with van der Waals surface area (Å²) in [4.78, 5) is 35.5. The molecule has 6 aromatic rings. The lowest BCUT2D eigenvalue weighted by atomic mass is 9.89. The Morgan fingerprint density at radius 2 is 1.17 bits per heavy atom. The lowest BCUT2D eigenvalue weighted by Gasteiger charge is -2.32. The number of halogens is 2. The van der Waals surface area contributed by atoms with Crippen molar-refractivity contribution in [1.82, 2.24) is 34.2 Å². The quantitative estimate of drug-likeness (QED) is 0.146. The minimum absolute atomic E-state index is 0.233. The van der Waals surface area contributed by atoms with Gasteiger partial charge in [0.05, 0.1) is 36.6 Å². The summed E-state index contributed by atoms with van der Waals surface area (Å²) in [6, 6.07) is 19.7. The smallest absolute Gasteiger partial charge is 0.407 e. The number of hydrogen-bond acceptors (Lipinski definition) is 7. The van der Waals surface area contributed by atoms with Crippen LogP contribution in [0.3, 0.4) is 0 Å². The number of carboxylic acid groups (broad SMARTS) is 1. The van der Waals surface area contributed by atoms with E-state index in [1.807, 2.05) is 84.3 Å². The molecule has 9 rings (SSSR count). The second kappa shape index (κ2) is 20.3. The Hall–Kier alpha value is -4.98. The number of amides is 2. The van der Waals surface area contributed by atoms with Gasteiger partial charge in [0.2, 0.25) is 5.91 Å². The maximum absolute atomic E-state index is 12.3. The SMILES string of the molecule is C1COCCN1.NCCCC(=O)N1CCC(c2cn(-c3ccc(Cl)cc3)c3cnccc23)CC1.O=C(O)N1CCC(c2cn(-c3ccc(Cl)cc3)c3cnccc23)CC1. The molecule has 7 heterocycles. The molecule has 0 bridgehead atoms. The Balaban J connectivity index is 0.000000157. The van der Waals surface area contributed by atoms with Gasteiger partial charge in [-0.2, -0.15) is 0 Å². The van der Waals surface area contributed by atoms with Crippen LogP contribution >= 0.6 is 23.2 Å². The van der Waals surface area contributed by atoms with Crippen LogP contribution in [0, 0.1) is 0 Å². The van der Waals surface area contributed by atoms with Crippen LogP contribution in [0.15, 0.2) is 97.8 Å². The molecular weight excluding hydrogens is 787 g/mol. The summed E-state index contributed by atoms with van der Waals surface area (Å²) in [7, 11) is 0. The van der Waals surface area contributed by atoms with Crippen LogP contribution in [0.25, 0.3) is 33.2 Å². The number of morpholine rings is 1. The van der Waals surface area contributed by atoms with Crippen LogP contribution in [0.4, 0.5) is 4.79 Å². The first-order chi connectivity index (χ1) is 28.8. The van der Waals surface area contributed by atoms with Crippen LogP contribution < -0.4 is 11.1 Å². The molecular formula is C45H52Cl2N8O4. The van der Waals surface area contributed by atoms with E-state index in [9.17, 15) is 9.59 Å². The lowest BCUT2D eigenvalue weighted by Crippen LogP contribution is -2.38. The minimum atomic E-state index is -0.828. The number of nitrogens with zero attached hydrogens (tertiary/aromatic N) is 6. The van der Waals surface area contributed by atoms with Crippen LogP contribution in [0.1, 0.15) is 61.5 Å². The summed E-state index contributed by atoms with van der Waals surface area (Å²) in [5.74, 6) is 1.03. The molecule has 310 valence electrons. The number of piperidine rings is 2. The van der Waals surface area contributed by atoms with Crippen molar-refractivity contribution in [2.24, 2.45) is 5.73 Å². The maximum Gasteiger partial charge on any atom is 0.407 e. The third kappa shape index (κ3) is 10.4. The van der Waals surface area contributed by atoms with Gasteiger partial charge in [0.1, 0.15) is 0 Å². The largest absolute Gasteiger partial charge is 0.465 e. The van der Waals surface area contributed by atoms with Gasteiger partial charge in [-0.15, -0.1) is 0 Å². The monoisotopic (exact) mass is 838 g/mol. The third-order valence-corrected chi connectivity index (χ3v) is 11.9. The van der Waals surface area contributed by atoms with Gasteiger partial charge >= 0.3 is 6.09 Å². The number of rotatable bonds is 7. The molecule has 3 aliphatic rings. The zero-order chi connectivity index (χ0) is 41.1. The summed E-state index contributed by atoms with van der Waals surface area (Å²) in [6.45, 7) is 7.19. The van der Waals surface area contributed by atoms with Crippen molar-refractivity contribution in [3.63, 3.8) is 0 Å². The van der Waals surface area contributed by atoms with E-state index in [-0.39, 0.29) is 5.91 Å². The molecule has 3 fully saturated rings. The van der Waals surface area contributed by atoms with Gasteiger partial charge in [-0.25, -0.2) is 4.79 Å². The molecule has 0 unspecified atom stereocenters. The molecule has 2 aromatic carbocycles. The molecule has 2 amide bonds. The summed E-state index contributed by atoms with van der Waals surface area (Å²) in [5.41, 5.74) is 12.4. The molecule has 12 nitrogen and oxygen atoms in total. The van der Waals surface area contributed by atoms with Crippen molar-refractivity contribution in [2.45, 2.75) is 50.4 Å². The fourth-order valence-electron chi connectivity index (χ4n) is 8.23. The second-order valence-electron chi connectivity index (χ2n) is 15.1. The number of likely N-dealkylation sites (tertiary alicyclic amines) is 2. The number of fused-ring (bicyclic) bond motifs is 2. The summed E-state index contributed by atoms with van der Waals surface area (Å²) in [6.07, 6.45) is 16.0. The number of nitrogens with one attached hydrogen (secondary N) is 1. The van der Waals surface area contributed by atoms with E-state index in [1.54, 1.807) is 0 Å². The highest BCUT2D eigenvalue weighted by atomic mass is 35.5. The average Bonchev–Trinajstić information content (AvgIpc) is 3.87. The second-order valence-corrected chi connectivity index (χ2v) is 16.0. The molecule has 4 aromatic heterocycles. The molecule has 3 saturated heterocycles. The number of aromatic nitrogens is 4. The van der Waals surface area contributed by atoms with E-state index >= 15 is 0 Å². The van der Waals surface area contributed by atoms with Crippen molar-refractivity contribution in [1.29, 1.82) is 0 Å². The molecule has 59 heavy (non-hydrogen) atoms. The van der Waals surface area contributed by atoms with Gasteiger partial charge in [0, 0.05) is 103 Å². The molecule has 0 saturated carbocycles. The Morgan fingerprint density at radius 1 is 0.712 bits per heavy atom. The lowest BCUT2D eigenvalue weighted by molar-refractivity contribution is -0.132. The molecule has 0 radical (unpaired) electrons. The number of carbonyl (C=O) groups excluding carboxylic acids is 1. The summed E-state index contributed by atoms with van der Waals surface area (Å²) < 4.78 is 9.33. The number of nitrogens with two attached hydrogens (primary N) is 1. The Labute approximate surface area is 354 Å². The predicted octanol–water partition coefficient (Wildman–Crippen LogP) is 8.27. The van der Waals surface area contributed by atoms with E-state index < -0.39 is 6.09 Å². The third-order valence-electron chi connectivity index (χ3n) is 11.4. The van der Waals surface area contributed by atoms with Crippen molar-refractivity contribution in [3.05, 3.63) is 119 Å². The first-order valence-electron chi connectivity index (χ1n) is 20.5. The van der Waals surface area contributed by atoms with Crippen LogP contribution in [-0.2, 0) is 9.53 Å². The topological polar surface area (TPSA) is 144 Å². The molecule has 0 atom stereocenters. The van der Waals surface area contributed by atoms with Crippen LogP contribution in [-0.4, -0.2) is 105 Å². The van der Waals surface area contributed by atoms with Crippen molar-refractivity contribution in [2.75, 3.05) is 59.0 Å². The number of benzene rings is 2. The van der Waals surface area contributed by atoms with E-state index in [1.165, 1.54) is 26.8 Å². The molecule has 0 aliphatic carbocycles. The highest BCUT2D eigenvalue weighted by Gasteiger charge is 2.27. The molecule has 3 aliphatic heterocycles. The van der Waals surface area contributed by atoms with Gasteiger partial charge in [-0.1, -0.05) is 23.2 Å². The van der Waals surface area contributed by atoms with Crippen LogP contribution in [0.2, 0.25) is 10.0 Å². The standard InChI is InChI=1S/C22H25ClN4O.C19H18ClN3O2.C4H9NO/c23-17-3-5-18(6-4-17)27-15-20(19-7-11-25-14-21(19)27)16-8-12-26(13-9-16)22(28)2-1-10-24;20-14-1-3-15(4-2-14)23-12-17(16-5-8-21-11-18(16)23)13-6-9-22(10-7-13)19(24)25;1-3-6-4-2-5-1/h3-7,11,14-16H,1-2,8-10,12-13,24H2;1-5,8,11-13H,6-7,9-10H2,(H,24,25);5H,1-4H2. The number of ether oxygens (including phenoxy) is 1. The highest BCUT2D eigenvalue weighted by molar-refractivity contribution is 6.30. The van der Waals surface area contributed by atoms with Gasteiger partial charge in [-0.05, 0) is 122 Å². The number of hydrogen-bond donors (Lipinski definition) is 3. The highest BCUT2D eigenvalue weighted by Crippen LogP contribution is 2.37. The zero-order valence-corrected chi connectivity index (χ0v) is 34.7. The Bertz CT molecular complexity index is 2280. The first-order valence-corrected chi connectivity index (χ1v) is 21.2. The first kappa shape index (κ1) is 42.2. The average molecular weight is 840 g/mol. The van der Waals surface area contributed by atoms with Crippen molar-refractivity contribution in [3.8, 4) is 11.4 Å². The van der Waals surface area contributed by atoms with Gasteiger partial charge in [-0.3, -0.25) is 14.8 Å². The van der Waals surface area contributed by atoms with Crippen molar-refractivity contribution < 1.29 is 19.4 Å². The Morgan fingerprint density at radius 3 is 1.56 bits per heavy atom. The number of pyridine rings is 2. The fraction of sp³-hybridized carbons (Fsp3) is 0.378.